The van der Waals surface area contributed by atoms with Crippen LogP contribution in [0.2, 0.25) is 0 Å². The molecule has 7 nitrogen and oxygen atoms in total. The molecular formula is C17H25N5O2. The highest BCUT2D eigenvalue weighted by atomic mass is 16.3. The van der Waals surface area contributed by atoms with E-state index in [9.17, 15) is 9.90 Å². The molecule has 130 valence electrons. The molecule has 0 aromatic carbocycles. The molecule has 0 spiro atoms. The normalized spacial score (nSPS) is 21.1. The van der Waals surface area contributed by atoms with E-state index in [2.05, 4.69) is 20.4 Å². The maximum absolute atomic E-state index is 12.1. The first-order valence-corrected chi connectivity index (χ1v) is 8.65. The minimum Gasteiger partial charge on any atom is -0.393 e. The van der Waals surface area contributed by atoms with Gasteiger partial charge in [-0.25, -0.2) is 9.50 Å². The van der Waals surface area contributed by atoms with Crippen molar-refractivity contribution in [2.24, 2.45) is 5.92 Å². The molecule has 2 aromatic rings. The maximum Gasteiger partial charge on any atom is 0.252 e. The number of rotatable bonds is 5. The van der Waals surface area contributed by atoms with Gasteiger partial charge in [0.2, 0.25) is 5.91 Å². The zero-order chi connectivity index (χ0) is 17.1. The number of carbonyl (C=O) groups is 1. The van der Waals surface area contributed by atoms with Gasteiger partial charge in [-0.1, -0.05) is 6.42 Å². The Hall–Kier alpha value is -2.02. The third-order valence-corrected chi connectivity index (χ3v) is 4.93. The number of nitrogens with one attached hydrogen (secondary N) is 1. The number of fused-ring (bicyclic) bond motifs is 1. The van der Waals surface area contributed by atoms with Gasteiger partial charge in [-0.3, -0.25) is 4.79 Å². The first-order valence-electron chi connectivity index (χ1n) is 8.65. The van der Waals surface area contributed by atoms with E-state index in [0.29, 0.717) is 31.1 Å². The Morgan fingerprint density at radius 1 is 1.42 bits per heavy atom. The van der Waals surface area contributed by atoms with Crippen LogP contribution in [-0.2, 0) is 11.2 Å². The fourth-order valence-electron chi connectivity index (χ4n) is 3.55. The van der Waals surface area contributed by atoms with Crippen LogP contribution >= 0.6 is 0 Å². The first kappa shape index (κ1) is 16.8. The van der Waals surface area contributed by atoms with Gasteiger partial charge in [0.1, 0.15) is 6.33 Å². The Balaban J connectivity index is 1.54. The number of aliphatic hydroxyl groups excluding tert-OH is 1. The van der Waals surface area contributed by atoms with Crippen LogP contribution in [0.5, 0.6) is 0 Å². The predicted octanol–water partition coefficient (Wildman–Crippen LogP) is 1.34. The van der Waals surface area contributed by atoms with Gasteiger partial charge < -0.3 is 10.4 Å². The van der Waals surface area contributed by atoms with Crippen molar-refractivity contribution in [3.8, 4) is 0 Å². The van der Waals surface area contributed by atoms with Gasteiger partial charge in [0, 0.05) is 24.4 Å². The largest absolute Gasteiger partial charge is 0.393 e. The quantitative estimate of drug-likeness (QED) is 0.862. The van der Waals surface area contributed by atoms with Crippen LogP contribution < -0.4 is 5.32 Å². The Morgan fingerprint density at radius 2 is 2.25 bits per heavy atom. The number of aryl methyl sites for hydroxylation is 2. The zero-order valence-corrected chi connectivity index (χ0v) is 14.3. The second-order valence-electron chi connectivity index (χ2n) is 6.72. The van der Waals surface area contributed by atoms with Crippen molar-refractivity contribution in [2.45, 2.75) is 58.5 Å². The highest BCUT2D eigenvalue weighted by Crippen LogP contribution is 2.23. The van der Waals surface area contributed by atoms with E-state index in [1.165, 1.54) is 6.33 Å². The van der Waals surface area contributed by atoms with Crippen molar-refractivity contribution in [3.05, 3.63) is 23.3 Å². The number of amides is 1. The molecule has 7 heteroatoms. The van der Waals surface area contributed by atoms with Crippen molar-refractivity contribution in [1.82, 2.24) is 24.9 Å². The summed E-state index contributed by atoms with van der Waals surface area (Å²) in [4.78, 5) is 20.7. The highest BCUT2D eigenvalue weighted by Gasteiger charge is 2.20. The van der Waals surface area contributed by atoms with Gasteiger partial charge >= 0.3 is 0 Å². The molecule has 2 atom stereocenters. The van der Waals surface area contributed by atoms with E-state index in [4.69, 9.17) is 0 Å². The summed E-state index contributed by atoms with van der Waals surface area (Å²) in [7, 11) is 0. The summed E-state index contributed by atoms with van der Waals surface area (Å²) < 4.78 is 1.71. The lowest BCUT2D eigenvalue weighted by molar-refractivity contribution is -0.121. The minimum atomic E-state index is -0.202. The topological polar surface area (TPSA) is 92.4 Å². The molecule has 0 radical (unpaired) electrons. The SMILES string of the molecule is Cc1nc2ncnn2c(C)c1CCC(=O)NCC1CCCC(O)C1. The van der Waals surface area contributed by atoms with Gasteiger partial charge in [-0.05, 0) is 51.0 Å². The van der Waals surface area contributed by atoms with Gasteiger partial charge in [-0.15, -0.1) is 0 Å². The van der Waals surface area contributed by atoms with Crippen LogP contribution in [0.4, 0.5) is 0 Å². The van der Waals surface area contributed by atoms with Crippen molar-refractivity contribution < 1.29 is 9.90 Å². The van der Waals surface area contributed by atoms with Gasteiger partial charge in [0.15, 0.2) is 0 Å². The average Bonchev–Trinajstić information content (AvgIpc) is 3.01. The Morgan fingerprint density at radius 3 is 3.04 bits per heavy atom. The third kappa shape index (κ3) is 3.72. The monoisotopic (exact) mass is 331 g/mol. The van der Waals surface area contributed by atoms with Crippen LogP contribution in [0.1, 0.15) is 49.1 Å². The molecule has 2 heterocycles. The predicted molar refractivity (Wildman–Crippen MR) is 89.6 cm³/mol. The van der Waals surface area contributed by atoms with Crippen LogP contribution in [-0.4, -0.2) is 43.2 Å². The molecule has 1 saturated carbocycles. The molecule has 24 heavy (non-hydrogen) atoms. The van der Waals surface area contributed by atoms with E-state index in [1.807, 2.05) is 13.8 Å². The fraction of sp³-hybridized carbons (Fsp3) is 0.647. The summed E-state index contributed by atoms with van der Waals surface area (Å²) in [6.45, 7) is 4.58. The molecule has 3 rings (SSSR count). The van der Waals surface area contributed by atoms with E-state index >= 15 is 0 Å². The van der Waals surface area contributed by atoms with Crippen LogP contribution in [0.3, 0.4) is 0 Å². The number of nitrogens with zero attached hydrogens (tertiary/aromatic N) is 4. The summed E-state index contributed by atoms with van der Waals surface area (Å²) in [5.74, 6) is 1.04. The summed E-state index contributed by atoms with van der Waals surface area (Å²) in [5.41, 5.74) is 2.94. The van der Waals surface area contributed by atoms with Gasteiger partial charge in [-0.2, -0.15) is 10.1 Å². The van der Waals surface area contributed by atoms with E-state index < -0.39 is 0 Å². The molecule has 0 aliphatic heterocycles. The first-order chi connectivity index (χ1) is 11.5. The number of hydrogen-bond donors (Lipinski definition) is 2. The second kappa shape index (κ2) is 7.25. The summed E-state index contributed by atoms with van der Waals surface area (Å²) in [6, 6.07) is 0. The number of aromatic nitrogens is 4. The zero-order valence-electron chi connectivity index (χ0n) is 14.3. The molecule has 1 amide bonds. The Bertz CT molecular complexity index is 727. The van der Waals surface area contributed by atoms with Crippen molar-refractivity contribution >= 4 is 11.7 Å². The minimum absolute atomic E-state index is 0.0487. The number of carbonyl (C=O) groups excluding carboxylic acids is 1. The smallest absolute Gasteiger partial charge is 0.252 e. The Kier molecular flexibility index (Phi) is 5.08. The number of hydrogen-bond acceptors (Lipinski definition) is 5. The van der Waals surface area contributed by atoms with Crippen molar-refractivity contribution in [3.63, 3.8) is 0 Å². The van der Waals surface area contributed by atoms with E-state index in [1.54, 1.807) is 4.52 Å². The standard InChI is InChI=1S/C17H25N5O2/c1-11-15(12(2)22-17(21-11)19-10-20-22)6-7-16(24)18-9-13-4-3-5-14(23)8-13/h10,13-14,23H,3-9H2,1-2H3,(H,18,24). The lowest BCUT2D eigenvalue weighted by Gasteiger charge is -2.25. The molecule has 1 aliphatic rings. The van der Waals surface area contributed by atoms with Crippen molar-refractivity contribution in [2.75, 3.05) is 6.54 Å². The van der Waals surface area contributed by atoms with Crippen LogP contribution in [0.25, 0.3) is 5.78 Å². The van der Waals surface area contributed by atoms with Crippen LogP contribution in [0.15, 0.2) is 6.33 Å². The van der Waals surface area contributed by atoms with E-state index in [0.717, 1.165) is 42.6 Å². The number of aliphatic hydroxyl groups is 1. The molecule has 0 saturated heterocycles. The molecule has 1 fully saturated rings. The highest BCUT2D eigenvalue weighted by molar-refractivity contribution is 5.76. The molecule has 1 aliphatic carbocycles. The van der Waals surface area contributed by atoms with Crippen LogP contribution in [0, 0.1) is 19.8 Å². The third-order valence-electron chi connectivity index (χ3n) is 4.93. The molecule has 0 bridgehead atoms. The maximum atomic E-state index is 12.1. The summed E-state index contributed by atoms with van der Waals surface area (Å²) in [5, 5.41) is 16.9. The lowest BCUT2D eigenvalue weighted by Crippen LogP contribution is -2.33. The summed E-state index contributed by atoms with van der Waals surface area (Å²) >= 11 is 0. The summed E-state index contributed by atoms with van der Waals surface area (Å²) in [6.07, 6.45) is 6.17. The molecule has 2 N–H and O–H groups in total. The van der Waals surface area contributed by atoms with E-state index in [-0.39, 0.29) is 12.0 Å². The molecule has 2 aromatic heterocycles. The fourth-order valence-corrected chi connectivity index (χ4v) is 3.55. The Labute approximate surface area is 141 Å². The second-order valence-corrected chi connectivity index (χ2v) is 6.72. The molecular weight excluding hydrogens is 306 g/mol. The molecule has 2 unspecified atom stereocenters. The van der Waals surface area contributed by atoms with Gasteiger partial charge in [0.05, 0.1) is 6.10 Å². The lowest BCUT2D eigenvalue weighted by atomic mass is 9.87. The van der Waals surface area contributed by atoms with Gasteiger partial charge in [0.25, 0.3) is 5.78 Å². The average molecular weight is 331 g/mol. The van der Waals surface area contributed by atoms with Crippen molar-refractivity contribution in [1.29, 1.82) is 0 Å².